The molecular formula is C14H17ClN2OS. The van der Waals surface area contributed by atoms with E-state index in [9.17, 15) is 4.79 Å². The zero-order valence-electron chi connectivity index (χ0n) is 10.5. The summed E-state index contributed by atoms with van der Waals surface area (Å²) in [5, 5.41) is 1.15. The molecule has 0 radical (unpaired) electrons. The summed E-state index contributed by atoms with van der Waals surface area (Å²) in [6.07, 6.45) is 1.03. The van der Waals surface area contributed by atoms with Gasteiger partial charge in [0.05, 0.1) is 4.88 Å². The Morgan fingerprint density at radius 3 is 2.89 bits per heavy atom. The average molecular weight is 297 g/mol. The summed E-state index contributed by atoms with van der Waals surface area (Å²) in [7, 11) is 0. The van der Waals surface area contributed by atoms with Crippen molar-refractivity contribution in [3.05, 3.63) is 35.2 Å². The predicted molar refractivity (Wildman–Crippen MR) is 82.1 cm³/mol. The third-order valence-corrected chi connectivity index (χ3v) is 4.65. The smallest absolute Gasteiger partial charge is 0.263 e. The zero-order chi connectivity index (χ0) is 12.5. The summed E-state index contributed by atoms with van der Waals surface area (Å²) in [5.74, 6) is 0.635. The third kappa shape index (κ3) is 2.76. The van der Waals surface area contributed by atoms with Crippen molar-refractivity contribution in [3.8, 4) is 0 Å². The van der Waals surface area contributed by atoms with Crippen molar-refractivity contribution in [2.45, 2.75) is 6.42 Å². The maximum atomic E-state index is 12.4. The van der Waals surface area contributed by atoms with Crippen LogP contribution < -0.4 is 5.73 Å². The lowest BCUT2D eigenvalue weighted by Crippen LogP contribution is -2.29. The summed E-state index contributed by atoms with van der Waals surface area (Å²) in [5.41, 5.74) is 5.66. The van der Waals surface area contributed by atoms with Crippen molar-refractivity contribution in [2.24, 2.45) is 11.7 Å². The van der Waals surface area contributed by atoms with Crippen LogP contribution in [0.3, 0.4) is 0 Å². The zero-order valence-corrected chi connectivity index (χ0v) is 12.2. The van der Waals surface area contributed by atoms with E-state index in [2.05, 4.69) is 12.1 Å². The number of hydrogen-bond donors (Lipinski definition) is 1. The van der Waals surface area contributed by atoms with Gasteiger partial charge < -0.3 is 10.6 Å². The van der Waals surface area contributed by atoms with Crippen LogP contribution in [-0.4, -0.2) is 30.4 Å². The molecule has 1 aliphatic rings. The Balaban J connectivity index is 0.00000133. The van der Waals surface area contributed by atoms with Crippen LogP contribution in [0.15, 0.2) is 30.3 Å². The minimum atomic E-state index is 0. The first-order valence-corrected chi connectivity index (χ1v) is 7.07. The lowest BCUT2D eigenvalue weighted by molar-refractivity contribution is 0.0792. The van der Waals surface area contributed by atoms with Gasteiger partial charge in [0.1, 0.15) is 0 Å². The number of thiophene rings is 1. The molecule has 102 valence electrons. The van der Waals surface area contributed by atoms with Gasteiger partial charge in [0.15, 0.2) is 0 Å². The highest BCUT2D eigenvalue weighted by molar-refractivity contribution is 7.20. The minimum Gasteiger partial charge on any atom is -0.338 e. The molecule has 0 aliphatic carbocycles. The third-order valence-electron chi connectivity index (χ3n) is 3.54. The summed E-state index contributed by atoms with van der Waals surface area (Å²) in [4.78, 5) is 15.1. The molecule has 1 aromatic heterocycles. The number of nitrogens with two attached hydrogens (primary N) is 1. The van der Waals surface area contributed by atoms with Crippen LogP contribution >= 0.6 is 23.7 Å². The van der Waals surface area contributed by atoms with Crippen molar-refractivity contribution in [1.29, 1.82) is 0 Å². The largest absolute Gasteiger partial charge is 0.338 e. The van der Waals surface area contributed by atoms with Gasteiger partial charge >= 0.3 is 0 Å². The fourth-order valence-corrected chi connectivity index (χ4v) is 3.48. The highest BCUT2D eigenvalue weighted by atomic mass is 35.5. The molecule has 0 saturated carbocycles. The molecule has 1 unspecified atom stereocenters. The molecule has 1 fully saturated rings. The van der Waals surface area contributed by atoms with Crippen LogP contribution in [0.4, 0.5) is 0 Å². The van der Waals surface area contributed by atoms with Crippen LogP contribution in [-0.2, 0) is 0 Å². The average Bonchev–Trinajstić information content (AvgIpc) is 3.04. The van der Waals surface area contributed by atoms with E-state index in [0.717, 1.165) is 29.8 Å². The first-order valence-electron chi connectivity index (χ1n) is 6.26. The number of fused-ring (bicyclic) bond motifs is 1. The molecule has 1 aromatic carbocycles. The SMILES string of the molecule is Cl.NCC1CCN(C(=O)c2cc3ccccc3s2)C1. The van der Waals surface area contributed by atoms with Gasteiger partial charge in [-0.2, -0.15) is 0 Å². The van der Waals surface area contributed by atoms with Gasteiger partial charge in [-0.25, -0.2) is 0 Å². The quantitative estimate of drug-likeness (QED) is 0.926. The second kappa shape index (κ2) is 5.90. The lowest BCUT2D eigenvalue weighted by Gasteiger charge is -2.14. The Bertz CT molecular complexity index is 551. The van der Waals surface area contributed by atoms with Crippen LogP contribution in [0.1, 0.15) is 16.1 Å². The maximum absolute atomic E-state index is 12.4. The molecule has 2 heterocycles. The summed E-state index contributed by atoms with van der Waals surface area (Å²) in [6.45, 7) is 2.33. The molecule has 1 aliphatic heterocycles. The van der Waals surface area contributed by atoms with Crippen molar-refractivity contribution in [1.82, 2.24) is 4.90 Å². The van der Waals surface area contributed by atoms with Gasteiger partial charge in [-0.1, -0.05) is 18.2 Å². The van der Waals surface area contributed by atoms with Crippen LogP contribution in [0.2, 0.25) is 0 Å². The van der Waals surface area contributed by atoms with E-state index in [4.69, 9.17) is 5.73 Å². The Labute approximate surface area is 122 Å². The van der Waals surface area contributed by atoms with Gasteiger partial charge in [0.2, 0.25) is 0 Å². The Kier molecular flexibility index (Phi) is 4.45. The standard InChI is InChI=1S/C14H16N2OS.ClH/c15-8-10-5-6-16(9-10)14(17)13-7-11-3-1-2-4-12(11)18-13;/h1-4,7,10H,5-6,8-9,15H2;1H. The monoisotopic (exact) mass is 296 g/mol. The summed E-state index contributed by atoms with van der Waals surface area (Å²) < 4.78 is 1.18. The normalized spacial score (nSPS) is 18.6. The first kappa shape index (κ1) is 14.3. The van der Waals surface area contributed by atoms with E-state index >= 15 is 0 Å². The van der Waals surface area contributed by atoms with Crippen molar-refractivity contribution < 1.29 is 4.79 Å². The number of likely N-dealkylation sites (tertiary alicyclic amines) is 1. The molecule has 5 heteroatoms. The number of amides is 1. The van der Waals surface area contributed by atoms with Crippen molar-refractivity contribution in [2.75, 3.05) is 19.6 Å². The summed E-state index contributed by atoms with van der Waals surface area (Å²) in [6, 6.07) is 10.1. The molecular weight excluding hydrogens is 280 g/mol. The Hall–Kier alpha value is -1.10. The van der Waals surface area contributed by atoms with Crippen LogP contribution in [0, 0.1) is 5.92 Å². The van der Waals surface area contributed by atoms with Crippen LogP contribution in [0.5, 0.6) is 0 Å². The lowest BCUT2D eigenvalue weighted by atomic mass is 10.1. The number of benzene rings is 1. The molecule has 1 amide bonds. The topological polar surface area (TPSA) is 46.3 Å². The molecule has 0 spiro atoms. The van der Waals surface area contributed by atoms with Gasteiger partial charge in [-0.3, -0.25) is 4.79 Å². The highest BCUT2D eigenvalue weighted by Crippen LogP contribution is 2.27. The second-order valence-corrected chi connectivity index (χ2v) is 5.87. The molecule has 1 saturated heterocycles. The fourth-order valence-electron chi connectivity index (χ4n) is 2.45. The molecule has 3 nitrogen and oxygen atoms in total. The molecule has 2 aromatic rings. The molecule has 3 rings (SSSR count). The molecule has 1 atom stereocenters. The van der Waals surface area contributed by atoms with E-state index in [0.29, 0.717) is 12.5 Å². The fraction of sp³-hybridized carbons (Fsp3) is 0.357. The number of rotatable bonds is 2. The molecule has 2 N–H and O–H groups in total. The van der Waals surface area contributed by atoms with Gasteiger partial charge in [-0.15, -0.1) is 23.7 Å². The minimum absolute atomic E-state index is 0. The maximum Gasteiger partial charge on any atom is 0.263 e. The van der Waals surface area contributed by atoms with Crippen molar-refractivity contribution in [3.63, 3.8) is 0 Å². The number of carbonyl (C=O) groups excluding carboxylic acids is 1. The number of carbonyl (C=O) groups is 1. The van der Waals surface area contributed by atoms with Gasteiger partial charge in [0, 0.05) is 17.8 Å². The Morgan fingerprint density at radius 2 is 2.21 bits per heavy atom. The van der Waals surface area contributed by atoms with Gasteiger partial charge in [0.25, 0.3) is 5.91 Å². The second-order valence-electron chi connectivity index (χ2n) is 4.79. The van der Waals surface area contributed by atoms with E-state index < -0.39 is 0 Å². The number of nitrogens with zero attached hydrogens (tertiary/aromatic N) is 1. The summed E-state index contributed by atoms with van der Waals surface area (Å²) >= 11 is 1.58. The first-order chi connectivity index (χ1) is 8.78. The molecule has 0 bridgehead atoms. The van der Waals surface area contributed by atoms with E-state index in [-0.39, 0.29) is 18.3 Å². The number of hydrogen-bond acceptors (Lipinski definition) is 3. The Morgan fingerprint density at radius 1 is 1.42 bits per heavy atom. The molecule has 19 heavy (non-hydrogen) atoms. The van der Waals surface area contributed by atoms with Crippen LogP contribution in [0.25, 0.3) is 10.1 Å². The van der Waals surface area contributed by atoms with Gasteiger partial charge in [-0.05, 0) is 36.4 Å². The van der Waals surface area contributed by atoms with E-state index in [1.807, 2.05) is 23.1 Å². The van der Waals surface area contributed by atoms with Crippen molar-refractivity contribution >= 4 is 39.7 Å². The van der Waals surface area contributed by atoms with E-state index in [1.165, 1.54) is 4.70 Å². The number of halogens is 1. The van der Waals surface area contributed by atoms with E-state index in [1.54, 1.807) is 11.3 Å². The highest BCUT2D eigenvalue weighted by Gasteiger charge is 2.26. The predicted octanol–water partition coefficient (Wildman–Crippen LogP) is 2.74.